The lowest BCUT2D eigenvalue weighted by Crippen LogP contribution is -2.39. The van der Waals surface area contributed by atoms with Gasteiger partial charge < -0.3 is 14.6 Å². The Kier molecular flexibility index (Phi) is 5.98. The van der Waals surface area contributed by atoms with Crippen LogP contribution in [0.1, 0.15) is 58.1 Å². The first-order valence-corrected chi connectivity index (χ1v) is 10.4. The van der Waals surface area contributed by atoms with E-state index in [0.717, 1.165) is 25.7 Å². The van der Waals surface area contributed by atoms with Crippen LogP contribution in [0.25, 0.3) is 0 Å². The second-order valence-electron chi connectivity index (χ2n) is 7.84. The van der Waals surface area contributed by atoms with E-state index in [1.54, 1.807) is 36.4 Å². The summed E-state index contributed by atoms with van der Waals surface area (Å²) in [5.41, 5.74) is 2.65. The average molecular weight is 402 g/mol. The molecule has 2 amide bonds. The van der Waals surface area contributed by atoms with Gasteiger partial charge in [-0.25, -0.2) is 0 Å². The molecule has 1 aliphatic rings. The predicted molar refractivity (Wildman–Crippen MR) is 117 cm³/mol. The van der Waals surface area contributed by atoms with Gasteiger partial charge in [0.1, 0.15) is 0 Å². The molecule has 1 aliphatic carbocycles. The normalized spacial score (nSPS) is 18.6. The lowest BCUT2D eigenvalue weighted by atomic mass is 9.81. The summed E-state index contributed by atoms with van der Waals surface area (Å²) in [6.07, 6.45) is 5.69. The number of carbonyl (C=O) groups excluding carboxylic acids is 2. The van der Waals surface area contributed by atoms with Gasteiger partial charge in [-0.15, -0.1) is 0 Å². The number of hydrogen-bond acceptors (Lipinski definition) is 3. The van der Waals surface area contributed by atoms with Crippen LogP contribution in [0, 0.1) is 0 Å². The van der Waals surface area contributed by atoms with Crippen molar-refractivity contribution in [3.63, 3.8) is 0 Å². The molecule has 0 spiro atoms. The SMILES string of the molecule is CN(C(=O)c1ccc(NC(=O)c2ccco2)cc1)C1CCC(c2ccccc2)CC1. The second-order valence-corrected chi connectivity index (χ2v) is 7.84. The number of carbonyl (C=O) groups is 2. The quantitative estimate of drug-likeness (QED) is 0.627. The van der Waals surface area contributed by atoms with Crippen molar-refractivity contribution in [1.82, 2.24) is 4.90 Å². The third-order valence-electron chi connectivity index (χ3n) is 5.97. The Bertz CT molecular complexity index is 973. The molecule has 0 unspecified atom stereocenters. The Hall–Kier alpha value is -3.34. The van der Waals surface area contributed by atoms with Crippen LogP contribution in [-0.2, 0) is 0 Å². The summed E-state index contributed by atoms with van der Waals surface area (Å²) in [6, 6.07) is 21.2. The lowest BCUT2D eigenvalue weighted by molar-refractivity contribution is 0.0689. The molecule has 0 bridgehead atoms. The molecule has 30 heavy (non-hydrogen) atoms. The fourth-order valence-electron chi connectivity index (χ4n) is 4.19. The van der Waals surface area contributed by atoms with Gasteiger partial charge in [-0.05, 0) is 73.6 Å². The van der Waals surface area contributed by atoms with E-state index >= 15 is 0 Å². The van der Waals surface area contributed by atoms with Gasteiger partial charge >= 0.3 is 0 Å². The number of anilines is 1. The van der Waals surface area contributed by atoms with Crippen molar-refractivity contribution < 1.29 is 14.0 Å². The molecular formula is C25H26N2O3. The van der Waals surface area contributed by atoms with E-state index in [4.69, 9.17) is 4.42 Å². The minimum absolute atomic E-state index is 0.0158. The first-order valence-electron chi connectivity index (χ1n) is 10.4. The summed E-state index contributed by atoms with van der Waals surface area (Å²) in [4.78, 5) is 26.9. The van der Waals surface area contributed by atoms with Gasteiger partial charge in [0.25, 0.3) is 11.8 Å². The van der Waals surface area contributed by atoms with E-state index in [1.807, 2.05) is 11.9 Å². The van der Waals surface area contributed by atoms with Gasteiger partial charge in [-0.2, -0.15) is 0 Å². The summed E-state index contributed by atoms with van der Waals surface area (Å²) in [7, 11) is 1.89. The first kappa shape index (κ1) is 20.0. The highest BCUT2D eigenvalue weighted by Gasteiger charge is 2.27. The fourth-order valence-corrected chi connectivity index (χ4v) is 4.19. The van der Waals surface area contributed by atoms with Crippen molar-refractivity contribution in [3.05, 3.63) is 89.9 Å². The lowest BCUT2D eigenvalue weighted by Gasteiger charge is -2.35. The van der Waals surface area contributed by atoms with Crippen molar-refractivity contribution in [2.45, 2.75) is 37.6 Å². The molecule has 0 atom stereocenters. The number of amides is 2. The number of furan rings is 1. The van der Waals surface area contributed by atoms with E-state index in [0.29, 0.717) is 17.2 Å². The van der Waals surface area contributed by atoms with Gasteiger partial charge in [0, 0.05) is 24.3 Å². The molecule has 0 radical (unpaired) electrons. The molecule has 5 heteroatoms. The summed E-state index contributed by atoms with van der Waals surface area (Å²) in [6.45, 7) is 0. The van der Waals surface area contributed by atoms with Crippen molar-refractivity contribution in [1.29, 1.82) is 0 Å². The van der Waals surface area contributed by atoms with Crippen LogP contribution < -0.4 is 5.32 Å². The minimum Gasteiger partial charge on any atom is -0.459 e. The number of nitrogens with zero attached hydrogens (tertiary/aromatic N) is 1. The van der Waals surface area contributed by atoms with Gasteiger partial charge in [-0.1, -0.05) is 30.3 Å². The number of rotatable bonds is 5. The van der Waals surface area contributed by atoms with Crippen LogP contribution in [-0.4, -0.2) is 29.8 Å². The van der Waals surface area contributed by atoms with Crippen LogP contribution in [0.3, 0.4) is 0 Å². The molecule has 1 N–H and O–H groups in total. The summed E-state index contributed by atoms with van der Waals surface area (Å²) in [5, 5.41) is 2.77. The fraction of sp³-hybridized carbons (Fsp3) is 0.280. The zero-order valence-corrected chi connectivity index (χ0v) is 17.1. The highest BCUT2D eigenvalue weighted by Crippen LogP contribution is 2.34. The maximum Gasteiger partial charge on any atom is 0.291 e. The van der Waals surface area contributed by atoms with Crippen LogP contribution >= 0.6 is 0 Å². The topological polar surface area (TPSA) is 62.6 Å². The number of hydrogen-bond donors (Lipinski definition) is 1. The van der Waals surface area contributed by atoms with Crippen molar-refractivity contribution >= 4 is 17.5 Å². The molecule has 154 valence electrons. The maximum atomic E-state index is 12.9. The van der Waals surface area contributed by atoms with Crippen LogP contribution in [0.5, 0.6) is 0 Å². The largest absolute Gasteiger partial charge is 0.459 e. The molecule has 1 aromatic heterocycles. The predicted octanol–water partition coefficient (Wildman–Crippen LogP) is 5.33. The first-order chi connectivity index (χ1) is 14.6. The van der Waals surface area contributed by atoms with Gasteiger partial charge in [0.15, 0.2) is 5.76 Å². The Morgan fingerprint density at radius 3 is 2.23 bits per heavy atom. The average Bonchev–Trinajstić information content (AvgIpc) is 3.35. The summed E-state index contributed by atoms with van der Waals surface area (Å²) < 4.78 is 5.09. The van der Waals surface area contributed by atoms with Crippen molar-refractivity contribution in [2.24, 2.45) is 0 Å². The van der Waals surface area contributed by atoms with E-state index in [-0.39, 0.29) is 23.6 Å². The summed E-state index contributed by atoms with van der Waals surface area (Å²) in [5.74, 6) is 0.539. The third-order valence-corrected chi connectivity index (χ3v) is 5.97. The Morgan fingerprint density at radius 1 is 0.900 bits per heavy atom. The van der Waals surface area contributed by atoms with E-state index in [1.165, 1.54) is 11.8 Å². The molecule has 1 saturated carbocycles. The van der Waals surface area contributed by atoms with E-state index in [9.17, 15) is 9.59 Å². The van der Waals surface area contributed by atoms with Crippen LogP contribution in [0.2, 0.25) is 0 Å². The number of benzene rings is 2. The molecule has 0 aliphatic heterocycles. The van der Waals surface area contributed by atoms with Gasteiger partial charge in [0.2, 0.25) is 0 Å². The van der Waals surface area contributed by atoms with Crippen molar-refractivity contribution in [3.8, 4) is 0 Å². The Morgan fingerprint density at radius 2 is 1.60 bits per heavy atom. The zero-order chi connectivity index (χ0) is 20.9. The molecule has 5 nitrogen and oxygen atoms in total. The summed E-state index contributed by atoms with van der Waals surface area (Å²) >= 11 is 0. The van der Waals surface area contributed by atoms with Crippen LogP contribution in [0.15, 0.2) is 77.4 Å². The maximum absolute atomic E-state index is 12.9. The smallest absolute Gasteiger partial charge is 0.291 e. The molecule has 2 aromatic carbocycles. The number of nitrogens with one attached hydrogen (secondary N) is 1. The van der Waals surface area contributed by atoms with E-state index in [2.05, 4.69) is 35.6 Å². The molecule has 0 saturated heterocycles. The molecule has 4 rings (SSSR count). The standard InChI is InChI=1S/C25H26N2O3/c1-27(22-15-11-19(12-16-22)18-6-3-2-4-7-18)25(29)20-9-13-21(14-10-20)26-24(28)23-8-5-17-30-23/h2-10,13-14,17,19,22H,11-12,15-16H2,1H3,(H,26,28). The minimum atomic E-state index is -0.314. The molecule has 1 heterocycles. The molecule has 3 aromatic rings. The zero-order valence-electron chi connectivity index (χ0n) is 17.1. The van der Waals surface area contributed by atoms with Crippen LogP contribution in [0.4, 0.5) is 5.69 Å². The van der Waals surface area contributed by atoms with E-state index < -0.39 is 0 Å². The van der Waals surface area contributed by atoms with Gasteiger partial charge in [0.05, 0.1) is 6.26 Å². The molecule has 1 fully saturated rings. The highest BCUT2D eigenvalue weighted by molar-refractivity contribution is 6.02. The Balaban J connectivity index is 1.33. The molecular weight excluding hydrogens is 376 g/mol. The van der Waals surface area contributed by atoms with Gasteiger partial charge in [-0.3, -0.25) is 9.59 Å². The monoisotopic (exact) mass is 402 g/mol. The Labute approximate surface area is 176 Å². The van der Waals surface area contributed by atoms with Crippen molar-refractivity contribution in [2.75, 3.05) is 12.4 Å². The highest BCUT2D eigenvalue weighted by atomic mass is 16.3. The second kappa shape index (κ2) is 8.99. The third kappa shape index (κ3) is 4.46.